The first-order valence-electron chi connectivity index (χ1n) is 7.85. The van der Waals surface area contributed by atoms with E-state index < -0.39 is 10.0 Å². The lowest BCUT2D eigenvalue weighted by molar-refractivity contribution is -0.132. The molecule has 0 bridgehead atoms. The van der Waals surface area contributed by atoms with Gasteiger partial charge in [-0.25, -0.2) is 8.42 Å². The average Bonchev–Trinajstić information content (AvgIpc) is 2.53. The highest BCUT2D eigenvalue weighted by Gasteiger charge is 2.25. The molecular formula is C16H24N2O4S. The number of ether oxygens (including phenoxy) is 1. The Morgan fingerprint density at radius 2 is 1.83 bits per heavy atom. The van der Waals surface area contributed by atoms with Crippen molar-refractivity contribution in [3.8, 4) is 5.75 Å². The molecule has 1 amide bonds. The normalized spacial score (nSPS) is 16.3. The van der Waals surface area contributed by atoms with Crippen LogP contribution in [0.25, 0.3) is 0 Å². The van der Waals surface area contributed by atoms with Crippen molar-refractivity contribution in [3.05, 3.63) is 29.8 Å². The van der Waals surface area contributed by atoms with Gasteiger partial charge in [-0.3, -0.25) is 4.79 Å². The van der Waals surface area contributed by atoms with E-state index in [9.17, 15) is 13.2 Å². The van der Waals surface area contributed by atoms with Gasteiger partial charge in [0.25, 0.3) is 0 Å². The fourth-order valence-electron chi connectivity index (χ4n) is 2.68. The highest BCUT2D eigenvalue weighted by atomic mass is 32.2. The Morgan fingerprint density at radius 1 is 1.17 bits per heavy atom. The molecule has 0 aliphatic carbocycles. The number of benzene rings is 1. The number of nitrogens with zero attached hydrogens (tertiary/aromatic N) is 2. The van der Waals surface area contributed by atoms with Crippen LogP contribution in [0.5, 0.6) is 5.75 Å². The zero-order chi connectivity index (χ0) is 16.9. The van der Waals surface area contributed by atoms with E-state index in [2.05, 4.69) is 0 Å². The van der Waals surface area contributed by atoms with Gasteiger partial charge in [-0.05, 0) is 25.0 Å². The monoisotopic (exact) mass is 340 g/mol. The number of para-hydroxylation sites is 1. The van der Waals surface area contributed by atoms with E-state index in [0.29, 0.717) is 45.6 Å². The molecule has 23 heavy (non-hydrogen) atoms. The topological polar surface area (TPSA) is 66.9 Å². The second-order valence-corrected chi connectivity index (χ2v) is 7.57. The molecule has 1 aromatic rings. The number of hydrogen-bond acceptors (Lipinski definition) is 4. The number of piperazine rings is 1. The third-order valence-electron chi connectivity index (χ3n) is 3.94. The molecule has 2 rings (SSSR count). The molecule has 0 radical (unpaired) electrons. The predicted octanol–water partition coefficient (Wildman–Crippen LogP) is 1.12. The van der Waals surface area contributed by atoms with E-state index in [1.165, 1.54) is 10.6 Å². The van der Waals surface area contributed by atoms with Crippen molar-refractivity contribution in [3.63, 3.8) is 0 Å². The van der Waals surface area contributed by atoms with Crippen molar-refractivity contribution in [1.29, 1.82) is 0 Å². The second kappa shape index (κ2) is 7.79. The summed E-state index contributed by atoms with van der Waals surface area (Å²) in [5, 5.41) is 0. The molecule has 0 atom stereocenters. The second-order valence-electron chi connectivity index (χ2n) is 5.58. The molecule has 0 saturated carbocycles. The molecule has 6 nitrogen and oxygen atoms in total. The molecule has 1 aromatic carbocycles. The summed E-state index contributed by atoms with van der Waals surface area (Å²) in [6, 6.07) is 7.74. The highest BCUT2D eigenvalue weighted by Crippen LogP contribution is 2.20. The number of hydrogen-bond donors (Lipinski definition) is 0. The van der Waals surface area contributed by atoms with Crippen molar-refractivity contribution in [1.82, 2.24) is 9.21 Å². The van der Waals surface area contributed by atoms with Gasteiger partial charge in [0.05, 0.1) is 12.9 Å². The summed E-state index contributed by atoms with van der Waals surface area (Å²) in [6.45, 7) is 4.19. The number of amides is 1. The van der Waals surface area contributed by atoms with Crippen LogP contribution in [-0.2, 0) is 21.2 Å². The molecule has 1 aliphatic heterocycles. The van der Waals surface area contributed by atoms with E-state index in [-0.39, 0.29) is 5.91 Å². The van der Waals surface area contributed by atoms with Gasteiger partial charge in [0, 0.05) is 32.6 Å². The quantitative estimate of drug-likeness (QED) is 0.778. The van der Waals surface area contributed by atoms with Crippen LogP contribution in [-0.4, -0.2) is 62.6 Å². The molecule has 0 N–H and O–H groups in total. The van der Waals surface area contributed by atoms with Gasteiger partial charge in [-0.2, -0.15) is 4.31 Å². The van der Waals surface area contributed by atoms with Gasteiger partial charge in [0.1, 0.15) is 5.75 Å². The molecule has 1 aliphatic rings. The van der Waals surface area contributed by atoms with E-state index >= 15 is 0 Å². The van der Waals surface area contributed by atoms with Crippen LogP contribution in [0.1, 0.15) is 18.9 Å². The molecule has 128 valence electrons. The van der Waals surface area contributed by atoms with Gasteiger partial charge < -0.3 is 9.64 Å². The molecule has 0 aromatic heterocycles. The largest absolute Gasteiger partial charge is 0.494 e. The van der Waals surface area contributed by atoms with E-state index in [1.54, 1.807) is 4.90 Å². The van der Waals surface area contributed by atoms with Crippen molar-refractivity contribution < 1.29 is 17.9 Å². The zero-order valence-corrected chi connectivity index (χ0v) is 14.5. The number of carbonyl (C=O) groups excluding carboxylic acids is 1. The number of rotatable bonds is 6. The molecule has 7 heteroatoms. The van der Waals surface area contributed by atoms with Gasteiger partial charge >= 0.3 is 0 Å². The maximum Gasteiger partial charge on any atom is 0.222 e. The van der Waals surface area contributed by atoms with Gasteiger partial charge in [0.2, 0.25) is 15.9 Å². The van der Waals surface area contributed by atoms with Crippen LogP contribution in [0.3, 0.4) is 0 Å². The third-order valence-corrected chi connectivity index (χ3v) is 5.24. The van der Waals surface area contributed by atoms with Crippen molar-refractivity contribution in [2.24, 2.45) is 0 Å². The molecule has 1 fully saturated rings. The lowest BCUT2D eigenvalue weighted by Gasteiger charge is -2.33. The summed E-state index contributed by atoms with van der Waals surface area (Å²) < 4.78 is 29.9. The minimum atomic E-state index is -3.16. The number of sulfonamides is 1. The van der Waals surface area contributed by atoms with Crippen LogP contribution >= 0.6 is 0 Å². The van der Waals surface area contributed by atoms with Crippen LogP contribution in [0.15, 0.2) is 24.3 Å². The first-order valence-corrected chi connectivity index (χ1v) is 9.70. The smallest absolute Gasteiger partial charge is 0.222 e. The summed E-state index contributed by atoms with van der Waals surface area (Å²) >= 11 is 0. The minimum absolute atomic E-state index is 0.0597. The summed E-state index contributed by atoms with van der Waals surface area (Å²) in [4.78, 5) is 14.1. The SMILES string of the molecule is CCOc1ccccc1CCC(=O)N1CCN(S(C)(=O)=O)CC1. The standard InChI is InChI=1S/C16H24N2O4S/c1-3-22-15-7-5-4-6-14(15)8-9-16(19)17-10-12-18(13-11-17)23(2,20)21/h4-7H,3,8-13H2,1-2H3. The van der Waals surface area contributed by atoms with E-state index in [1.807, 2.05) is 31.2 Å². The van der Waals surface area contributed by atoms with Crippen LogP contribution in [0, 0.1) is 0 Å². The molecule has 0 unspecified atom stereocenters. The summed E-state index contributed by atoms with van der Waals surface area (Å²) in [7, 11) is -3.16. The Kier molecular flexibility index (Phi) is 6.01. The first-order chi connectivity index (χ1) is 10.9. The maximum atomic E-state index is 12.3. The van der Waals surface area contributed by atoms with Crippen LogP contribution in [0.2, 0.25) is 0 Å². The Hall–Kier alpha value is -1.60. The Labute approximate surface area is 138 Å². The lowest BCUT2D eigenvalue weighted by atomic mass is 10.1. The van der Waals surface area contributed by atoms with Gasteiger partial charge in [-0.1, -0.05) is 18.2 Å². The lowest BCUT2D eigenvalue weighted by Crippen LogP contribution is -2.50. The molecule has 1 saturated heterocycles. The molecule has 1 heterocycles. The van der Waals surface area contributed by atoms with Gasteiger partial charge in [-0.15, -0.1) is 0 Å². The maximum absolute atomic E-state index is 12.3. The summed E-state index contributed by atoms with van der Waals surface area (Å²) in [5.41, 5.74) is 1.03. The molecule has 0 spiro atoms. The Bertz CT molecular complexity index is 637. The number of carbonyl (C=O) groups is 1. The Morgan fingerprint density at radius 3 is 2.43 bits per heavy atom. The van der Waals surface area contributed by atoms with Crippen LogP contribution in [0.4, 0.5) is 0 Å². The zero-order valence-electron chi connectivity index (χ0n) is 13.7. The minimum Gasteiger partial charge on any atom is -0.494 e. The predicted molar refractivity (Wildman–Crippen MR) is 88.9 cm³/mol. The summed E-state index contributed by atoms with van der Waals surface area (Å²) in [6.07, 6.45) is 2.24. The average molecular weight is 340 g/mol. The Balaban J connectivity index is 1.87. The van der Waals surface area contributed by atoms with Crippen molar-refractivity contribution in [2.75, 3.05) is 39.0 Å². The first kappa shape index (κ1) is 17.7. The van der Waals surface area contributed by atoms with Crippen LogP contribution < -0.4 is 4.74 Å². The number of aryl methyl sites for hydroxylation is 1. The summed E-state index contributed by atoms with van der Waals surface area (Å²) in [5.74, 6) is 0.883. The van der Waals surface area contributed by atoms with E-state index in [0.717, 1.165) is 11.3 Å². The van der Waals surface area contributed by atoms with Crippen molar-refractivity contribution >= 4 is 15.9 Å². The fraction of sp³-hybridized carbons (Fsp3) is 0.562. The van der Waals surface area contributed by atoms with Crippen molar-refractivity contribution in [2.45, 2.75) is 19.8 Å². The highest BCUT2D eigenvalue weighted by molar-refractivity contribution is 7.88. The van der Waals surface area contributed by atoms with Gasteiger partial charge in [0.15, 0.2) is 0 Å². The third kappa shape index (κ3) is 4.94. The molecular weight excluding hydrogens is 316 g/mol. The fourth-order valence-corrected chi connectivity index (χ4v) is 3.50. The van der Waals surface area contributed by atoms with E-state index in [4.69, 9.17) is 4.74 Å².